The van der Waals surface area contributed by atoms with Crippen molar-refractivity contribution >= 4 is 27.8 Å². The molecule has 0 spiro atoms. The monoisotopic (exact) mass is 312 g/mol. The van der Waals surface area contributed by atoms with E-state index < -0.39 is 5.97 Å². The van der Waals surface area contributed by atoms with E-state index in [1.165, 1.54) is 6.20 Å². The van der Waals surface area contributed by atoms with Crippen LogP contribution in [0.4, 0.5) is 0 Å². The van der Waals surface area contributed by atoms with E-state index in [0.29, 0.717) is 11.5 Å². The number of hydrogen-bond acceptors (Lipinski definition) is 3. The fraction of sp³-hybridized carbons (Fsp3) is 0.417. The number of nitrogens with one attached hydrogen (secondary N) is 1. The van der Waals surface area contributed by atoms with Crippen LogP contribution >= 0.6 is 15.9 Å². The zero-order valence-corrected chi connectivity index (χ0v) is 11.2. The van der Waals surface area contributed by atoms with E-state index in [9.17, 15) is 9.59 Å². The molecule has 1 unspecified atom stereocenters. The Labute approximate surface area is 113 Å². The van der Waals surface area contributed by atoms with Gasteiger partial charge in [0.05, 0.1) is 12.0 Å². The van der Waals surface area contributed by atoms with Crippen LogP contribution in [0, 0.1) is 5.92 Å². The van der Waals surface area contributed by atoms with E-state index in [1.807, 2.05) is 0 Å². The van der Waals surface area contributed by atoms with Crippen LogP contribution in [0.5, 0.6) is 0 Å². The van der Waals surface area contributed by atoms with Crippen molar-refractivity contribution in [1.29, 1.82) is 0 Å². The molecule has 6 heteroatoms. The van der Waals surface area contributed by atoms with Gasteiger partial charge in [-0.25, -0.2) is 0 Å². The molecule has 1 atom stereocenters. The molecule has 1 aromatic rings. The summed E-state index contributed by atoms with van der Waals surface area (Å²) in [6, 6.07) is 1.38. The molecule has 2 rings (SSSR count). The topological polar surface area (TPSA) is 79.3 Å². The van der Waals surface area contributed by atoms with Gasteiger partial charge < -0.3 is 10.4 Å². The molecule has 1 heterocycles. The number of carbonyl (C=O) groups excluding carboxylic acids is 1. The Kier molecular flexibility index (Phi) is 3.96. The van der Waals surface area contributed by atoms with Gasteiger partial charge >= 0.3 is 5.97 Å². The van der Waals surface area contributed by atoms with Crippen LogP contribution in [0.15, 0.2) is 22.9 Å². The third kappa shape index (κ3) is 3.53. The van der Waals surface area contributed by atoms with E-state index in [1.54, 1.807) is 12.3 Å². The van der Waals surface area contributed by atoms with Crippen LogP contribution in [-0.2, 0) is 4.79 Å². The summed E-state index contributed by atoms with van der Waals surface area (Å²) in [4.78, 5) is 26.6. The summed E-state index contributed by atoms with van der Waals surface area (Å²) in [7, 11) is 0. The number of halogens is 1. The smallest absolute Gasteiger partial charge is 0.305 e. The maximum Gasteiger partial charge on any atom is 0.305 e. The molecule has 18 heavy (non-hydrogen) atoms. The Balaban J connectivity index is 2.02. The molecule has 0 radical (unpaired) electrons. The Bertz CT molecular complexity index is 474. The van der Waals surface area contributed by atoms with Crippen molar-refractivity contribution in [1.82, 2.24) is 10.3 Å². The second kappa shape index (κ2) is 5.48. The molecule has 96 valence electrons. The van der Waals surface area contributed by atoms with Crippen molar-refractivity contribution < 1.29 is 14.7 Å². The molecule has 1 aliphatic rings. The molecular formula is C12H13BrN2O3. The number of pyridine rings is 1. The van der Waals surface area contributed by atoms with Gasteiger partial charge in [-0.3, -0.25) is 14.6 Å². The quantitative estimate of drug-likeness (QED) is 0.869. The van der Waals surface area contributed by atoms with Gasteiger partial charge in [0.1, 0.15) is 0 Å². The number of rotatable bonds is 5. The van der Waals surface area contributed by atoms with Crippen molar-refractivity contribution in [2.75, 3.05) is 0 Å². The van der Waals surface area contributed by atoms with Gasteiger partial charge in [-0.05, 0) is 40.8 Å². The van der Waals surface area contributed by atoms with Gasteiger partial charge in [-0.1, -0.05) is 0 Å². The average Bonchev–Trinajstić information content (AvgIpc) is 3.11. The van der Waals surface area contributed by atoms with E-state index in [4.69, 9.17) is 5.11 Å². The van der Waals surface area contributed by atoms with Gasteiger partial charge in [0.15, 0.2) is 0 Å². The number of carboxylic acid groups (broad SMARTS) is 1. The van der Waals surface area contributed by atoms with Crippen molar-refractivity contribution in [3.8, 4) is 0 Å². The lowest BCUT2D eigenvalue weighted by Gasteiger charge is -2.16. The molecule has 1 saturated carbocycles. The van der Waals surface area contributed by atoms with Crippen LogP contribution in [0.1, 0.15) is 29.6 Å². The first-order chi connectivity index (χ1) is 8.56. The van der Waals surface area contributed by atoms with Crippen molar-refractivity contribution in [3.63, 3.8) is 0 Å². The molecule has 0 saturated heterocycles. The standard InChI is InChI=1S/C12H13BrN2O3/c13-9-3-8(5-14-6-9)12(18)15-10(4-11(16)17)7-1-2-7/h3,5-7,10H,1-2,4H2,(H,15,18)(H,16,17). The number of nitrogens with zero attached hydrogens (tertiary/aromatic N) is 1. The second-order valence-electron chi connectivity index (χ2n) is 4.41. The third-order valence-electron chi connectivity index (χ3n) is 2.87. The number of aliphatic carboxylic acids is 1. The molecular weight excluding hydrogens is 300 g/mol. The molecule has 1 aliphatic carbocycles. The Hall–Kier alpha value is -1.43. The zero-order chi connectivity index (χ0) is 13.1. The maximum absolute atomic E-state index is 12.0. The summed E-state index contributed by atoms with van der Waals surface area (Å²) >= 11 is 3.24. The van der Waals surface area contributed by atoms with Crippen molar-refractivity contribution in [2.24, 2.45) is 5.92 Å². The summed E-state index contributed by atoms with van der Waals surface area (Å²) < 4.78 is 0.719. The highest BCUT2D eigenvalue weighted by molar-refractivity contribution is 9.10. The van der Waals surface area contributed by atoms with Gasteiger partial charge in [-0.2, -0.15) is 0 Å². The van der Waals surface area contributed by atoms with Crippen LogP contribution < -0.4 is 5.32 Å². The lowest BCUT2D eigenvalue weighted by Crippen LogP contribution is -2.38. The summed E-state index contributed by atoms with van der Waals surface area (Å²) in [5, 5.41) is 11.6. The molecule has 2 N–H and O–H groups in total. The normalized spacial score (nSPS) is 16.1. The zero-order valence-electron chi connectivity index (χ0n) is 9.60. The summed E-state index contributed by atoms with van der Waals surface area (Å²) in [6.45, 7) is 0. The summed E-state index contributed by atoms with van der Waals surface area (Å²) in [5.41, 5.74) is 0.431. The Morgan fingerprint density at radius 3 is 2.78 bits per heavy atom. The minimum Gasteiger partial charge on any atom is -0.481 e. The maximum atomic E-state index is 12.0. The Morgan fingerprint density at radius 2 is 2.22 bits per heavy atom. The number of carboxylic acids is 1. The summed E-state index contributed by atoms with van der Waals surface area (Å²) in [6.07, 6.45) is 4.99. The first kappa shape index (κ1) is 13.0. The molecule has 5 nitrogen and oxygen atoms in total. The highest BCUT2D eigenvalue weighted by atomic mass is 79.9. The van der Waals surface area contributed by atoms with Gasteiger partial charge in [0.2, 0.25) is 0 Å². The van der Waals surface area contributed by atoms with Crippen LogP contribution in [-0.4, -0.2) is 28.0 Å². The predicted molar refractivity (Wildman–Crippen MR) is 68.2 cm³/mol. The van der Waals surface area contributed by atoms with E-state index >= 15 is 0 Å². The van der Waals surface area contributed by atoms with Crippen molar-refractivity contribution in [3.05, 3.63) is 28.5 Å². The number of amides is 1. The molecule has 0 aliphatic heterocycles. The lowest BCUT2D eigenvalue weighted by molar-refractivity contribution is -0.137. The SMILES string of the molecule is O=C(O)CC(NC(=O)c1cncc(Br)c1)C1CC1. The van der Waals surface area contributed by atoms with Gasteiger partial charge in [0, 0.05) is 22.9 Å². The van der Waals surface area contributed by atoms with E-state index in [2.05, 4.69) is 26.2 Å². The molecule has 0 bridgehead atoms. The van der Waals surface area contributed by atoms with Crippen LogP contribution in [0.2, 0.25) is 0 Å². The predicted octanol–water partition coefficient (Wildman–Crippen LogP) is 1.83. The molecule has 1 fully saturated rings. The highest BCUT2D eigenvalue weighted by Crippen LogP contribution is 2.34. The molecule has 0 aromatic carbocycles. The number of aromatic nitrogens is 1. The minimum atomic E-state index is -0.889. The largest absolute Gasteiger partial charge is 0.481 e. The first-order valence-corrected chi connectivity index (χ1v) is 6.49. The second-order valence-corrected chi connectivity index (χ2v) is 5.32. The van der Waals surface area contributed by atoms with Gasteiger partial charge in [0.25, 0.3) is 5.91 Å². The van der Waals surface area contributed by atoms with E-state index in [0.717, 1.165) is 17.3 Å². The lowest BCUT2D eigenvalue weighted by atomic mass is 10.1. The van der Waals surface area contributed by atoms with Crippen LogP contribution in [0.25, 0.3) is 0 Å². The average molecular weight is 313 g/mol. The molecule has 1 aromatic heterocycles. The Morgan fingerprint density at radius 1 is 1.50 bits per heavy atom. The van der Waals surface area contributed by atoms with Crippen molar-refractivity contribution in [2.45, 2.75) is 25.3 Å². The molecule has 1 amide bonds. The van der Waals surface area contributed by atoms with Crippen LogP contribution in [0.3, 0.4) is 0 Å². The number of carbonyl (C=O) groups is 2. The highest BCUT2D eigenvalue weighted by Gasteiger charge is 2.33. The fourth-order valence-corrected chi connectivity index (χ4v) is 2.17. The number of hydrogen-bond donors (Lipinski definition) is 2. The first-order valence-electron chi connectivity index (χ1n) is 5.69. The van der Waals surface area contributed by atoms with E-state index in [-0.39, 0.29) is 18.4 Å². The minimum absolute atomic E-state index is 0.0299. The summed E-state index contributed by atoms with van der Waals surface area (Å²) in [5.74, 6) is -0.869. The van der Waals surface area contributed by atoms with Gasteiger partial charge in [-0.15, -0.1) is 0 Å². The third-order valence-corrected chi connectivity index (χ3v) is 3.30. The fourth-order valence-electron chi connectivity index (χ4n) is 1.81.